The van der Waals surface area contributed by atoms with Crippen LogP contribution in [-0.4, -0.2) is 45.7 Å². The number of rotatable bonds is 6. The Morgan fingerprint density at radius 2 is 1.84 bits per heavy atom. The van der Waals surface area contributed by atoms with Crippen molar-refractivity contribution in [2.45, 2.75) is 45.3 Å². The van der Waals surface area contributed by atoms with E-state index < -0.39 is 5.91 Å². The SMILES string of the molecule is C.C=CC(=O)N1CC2(CC(n3nc(-c4ccc(OC5CC5)cc4)c(C(N)=O)c3N)C2)C1. The van der Waals surface area contributed by atoms with Gasteiger partial charge in [-0.2, -0.15) is 5.10 Å². The van der Waals surface area contributed by atoms with Crippen LogP contribution >= 0.6 is 0 Å². The number of carbonyl (C=O) groups is 2. The zero-order valence-corrected chi connectivity index (χ0v) is 16.7. The standard InChI is InChI=1S/C22H25N5O3.CH4/c1-2-17(28)26-11-22(12-26)9-14(10-22)27-20(23)18(21(24)29)19(25-27)13-3-5-15(6-4-13)30-16-7-8-16;/h2-6,14,16H,1,7-12,23H2,(H2,24,29);1H4. The molecule has 2 aliphatic carbocycles. The molecule has 2 saturated carbocycles. The van der Waals surface area contributed by atoms with Crippen LogP contribution in [0.1, 0.15) is 49.5 Å². The van der Waals surface area contributed by atoms with E-state index in [1.807, 2.05) is 24.3 Å². The molecule has 2 aromatic rings. The van der Waals surface area contributed by atoms with E-state index in [2.05, 4.69) is 11.7 Å². The van der Waals surface area contributed by atoms with E-state index in [-0.39, 0.29) is 30.4 Å². The van der Waals surface area contributed by atoms with Gasteiger partial charge < -0.3 is 21.1 Å². The first-order valence-corrected chi connectivity index (χ1v) is 10.3. The first kappa shape index (κ1) is 21.0. The second-order valence-corrected chi connectivity index (χ2v) is 8.72. The third-order valence-electron chi connectivity index (χ3n) is 6.37. The summed E-state index contributed by atoms with van der Waals surface area (Å²) in [7, 11) is 0. The molecule has 0 unspecified atom stereocenters. The zero-order valence-electron chi connectivity index (χ0n) is 16.7. The number of hydrogen-bond acceptors (Lipinski definition) is 5. The third kappa shape index (κ3) is 3.56. The topological polar surface area (TPSA) is 116 Å². The molecule has 0 atom stereocenters. The highest BCUT2D eigenvalue weighted by molar-refractivity contribution is 6.03. The van der Waals surface area contributed by atoms with Crippen LogP contribution in [0.3, 0.4) is 0 Å². The summed E-state index contributed by atoms with van der Waals surface area (Å²) in [6.07, 6.45) is 5.59. The largest absolute Gasteiger partial charge is 0.490 e. The van der Waals surface area contributed by atoms with Gasteiger partial charge in [0.05, 0.1) is 12.1 Å². The molecule has 1 aromatic carbocycles. The fraction of sp³-hybridized carbons (Fsp3) is 0.435. The number of nitrogens with zero attached hydrogens (tertiary/aromatic N) is 3. The highest BCUT2D eigenvalue weighted by Crippen LogP contribution is 2.54. The first-order chi connectivity index (χ1) is 14.4. The fourth-order valence-electron chi connectivity index (χ4n) is 4.66. The molecule has 2 heterocycles. The van der Waals surface area contributed by atoms with E-state index in [1.54, 1.807) is 9.58 Å². The monoisotopic (exact) mass is 423 g/mol. The summed E-state index contributed by atoms with van der Waals surface area (Å²) in [4.78, 5) is 25.6. The lowest BCUT2D eigenvalue weighted by Crippen LogP contribution is -2.63. The lowest BCUT2D eigenvalue weighted by atomic mass is 9.60. The normalized spacial score (nSPS) is 19.2. The lowest BCUT2D eigenvalue weighted by molar-refractivity contribution is -0.148. The van der Waals surface area contributed by atoms with Crippen LogP contribution in [0.5, 0.6) is 5.75 Å². The Bertz CT molecular complexity index is 1020. The number of amides is 2. The van der Waals surface area contributed by atoms with E-state index in [4.69, 9.17) is 16.2 Å². The summed E-state index contributed by atoms with van der Waals surface area (Å²) in [5.41, 5.74) is 13.6. The van der Waals surface area contributed by atoms with Gasteiger partial charge in [0, 0.05) is 24.1 Å². The number of anilines is 1. The Hall–Kier alpha value is -3.29. The third-order valence-corrected chi connectivity index (χ3v) is 6.37. The Kier molecular flexibility index (Phi) is 5.03. The molecule has 8 nitrogen and oxygen atoms in total. The highest BCUT2D eigenvalue weighted by Gasteiger charge is 2.54. The minimum atomic E-state index is -0.590. The van der Waals surface area contributed by atoms with Gasteiger partial charge in [-0.15, -0.1) is 0 Å². The summed E-state index contributed by atoms with van der Waals surface area (Å²) >= 11 is 0. The molecular weight excluding hydrogens is 394 g/mol. The number of ether oxygens (including phenoxy) is 1. The van der Waals surface area contributed by atoms with Crippen LogP contribution in [0.4, 0.5) is 5.82 Å². The predicted molar refractivity (Wildman–Crippen MR) is 118 cm³/mol. The van der Waals surface area contributed by atoms with Crippen molar-refractivity contribution in [1.82, 2.24) is 14.7 Å². The molecular formula is C23H29N5O3. The van der Waals surface area contributed by atoms with Crippen molar-refractivity contribution in [3.05, 3.63) is 42.5 Å². The molecule has 164 valence electrons. The van der Waals surface area contributed by atoms with Gasteiger partial charge in [0.25, 0.3) is 5.91 Å². The Morgan fingerprint density at radius 3 is 2.39 bits per heavy atom. The van der Waals surface area contributed by atoms with Crippen molar-refractivity contribution in [1.29, 1.82) is 0 Å². The summed E-state index contributed by atoms with van der Waals surface area (Å²) in [5.74, 6) is 0.482. The molecule has 3 aliphatic rings. The smallest absolute Gasteiger partial charge is 0.254 e. The molecule has 2 amide bonds. The van der Waals surface area contributed by atoms with Gasteiger partial charge in [-0.1, -0.05) is 14.0 Å². The quantitative estimate of drug-likeness (QED) is 0.693. The second-order valence-electron chi connectivity index (χ2n) is 8.72. The zero-order chi connectivity index (χ0) is 21.0. The summed E-state index contributed by atoms with van der Waals surface area (Å²) < 4.78 is 7.52. The van der Waals surface area contributed by atoms with Crippen molar-refractivity contribution in [2.75, 3.05) is 18.8 Å². The number of aromatic nitrogens is 2. The molecule has 1 aliphatic heterocycles. The molecule has 1 aromatic heterocycles. The Balaban J connectivity index is 0.00000231. The maximum atomic E-state index is 12.1. The molecule has 1 saturated heterocycles. The molecule has 0 bridgehead atoms. The number of likely N-dealkylation sites (tertiary alicyclic amines) is 1. The number of nitrogens with two attached hydrogens (primary N) is 2. The average Bonchev–Trinajstić information content (AvgIpc) is 3.41. The van der Waals surface area contributed by atoms with E-state index >= 15 is 0 Å². The molecule has 3 fully saturated rings. The van der Waals surface area contributed by atoms with Gasteiger partial charge in [0.15, 0.2) is 0 Å². The van der Waals surface area contributed by atoms with Crippen molar-refractivity contribution < 1.29 is 14.3 Å². The first-order valence-electron chi connectivity index (χ1n) is 10.3. The maximum Gasteiger partial charge on any atom is 0.254 e. The van der Waals surface area contributed by atoms with Gasteiger partial charge in [-0.05, 0) is 56.0 Å². The minimum absolute atomic E-state index is 0. The lowest BCUT2D eigenvalue weighted by Gasteiger charge is -2.58. The van der Waals surface area contributed by atoms with Crippen molar-refractivity contribution in [3.8, 4) is 17.0 Å². The average molecular weight is 424 g/mol. The van der Waals surface area contributed by atoms with Crippen molar-refractivity contribution in [2.24, 2.45) is 11.1 Å². The van der Waals surface area contributed by atoms with Crippen LogP contribution in [-0.2, 0) is 4.79 Å². The maximum absolute atomic E-state index is 12.1. The van der Waals surface area contributed by atoms with Gasteiger partial charge in [-0.25, -0.2) is 4.68 Å². The van der Waals surface area contributed by atoms with Gasteiger partial charge in [-0.3, -0.25) is 9.59 Å². The van der Waals surface area contributed by atoms with Crippen molar-refractivity contribution >= 4 is 17.6 Å². The minimum Gasteiger partial charge on any atom is -0.490 e. The van der Waals surface area contributed by atoms with Gasteiger partial charge >= 0.3 is 0 Å². The molecule has 0 radical (unpaired) electrons. The van der Waals surface area contributed by atoms with E-state index in [9.17, 15) is 9.59 Å². The number of primary amides is 1. The van der Waals surface area contributed by atoms with Crippen LogP contribution in [0.15, 0.2) is 36.9 Å². The number of nitrogen functional groups attached to an aromatic ring is 1. The predicted octanol–water partition coefficient (Wildman–Crippen LogP) is 2.76. The summed E-state index contributed by atoms with van der Waals surface area (Å²) in [5, 5.41) is 4.67. The number of hydrogen-bond donors (Lipinski definition) is 2. The summed E-state index contributed by atoms with van der Waals surface area (Å²) in [6, 6.07) is 7.61. The van der Waals surface area contributed by atoms with Crippen molar-refractivity contribution in [3.63, 3.8) is 0 Å². The Morgan fingerprint density at radius 1 is 1.19 bits per heavy atom. The van der Waals surface area contributed by atoms with Crippen LogP contribution < -0.4 is 16.2 Å². The molecule has 1 spiro atoms. The fourth-order valence-corrected chi connectivity index (χ4v) is 4.66. The second kappa shape index (κ2) is 7.44. The summed E-state index contributed by atoms with van der Waals surface area (Å²) in [6.45, 7) is 5.00. The molecule has 31 heavy (non-hydrogen) atoms. The van der Waals surface area contributed by atoms with Gasteiger partial charge in [0.1, 0.15) is 22.8 Å². The van der Waals surface area contributed by atoms with Gasteiger partial charge in [0.2, 0.25) is 5.91 Å². The van der Waals surface area contributed by atoms with Crippen LogP contribution in [0.25, 0.3) is 11.3 Å². The van der Waals surface area contributed by atoms with E-state index in [0.717, 1.165) is 50.1 Å². The molecule has 8 heteroatoms. The Labute approximate surface area is 181 Å². The van der Waals surface area contributed by atoms with E-state index in [0.29, 0.717) is 17.6 Å². The number of carbonyl (C=O) groups excluding carboxylic acids is 2. The van der Waals surface area contributed by atoms with Crippen LogP contribution in [0.2, 0.25) is 0 Å². The van der Waals surface area contributed by atoms with Crippen LogP contribution in [0, 0.1) is 5.41 Å². The molecule has 4 N–H and O–H groups in total. The highest BCUT2D eigenvalue weighted by atomic mass is 16.5. The number of benzene rings is 1. The van der Waals surface area contributed by atoms with E-state index in [1.165, 1.54) is 6.08 Å². The molecule has 5 rings (SSSR count).